The third-order valence-corrected chi connectivity index (χ3v) is 4.05. The fourth-order valence-corrected chi connectivity index (χ4v) is 2.95. The zero-order chi connectivity index (χ0) is 15.6. The molecule has 0 spiro atoms. The Morgan fingerprint density at radius 3 is 1.83 bits per heavy atom. The van der Waals surface area contributed by atoms with Crippen LogP contribution >= 0.6 is 0 Å². The molecule has 2 nitrogen and oxygen atoms in total. The quantitative estimate of drug-likeness (QED) is 0.379. The maximum Gasteiger partial charge on any atom is 0.187 e. The molecule has 0 N–H and O–H groups in total. The van der Waals surface area contributed by atoms with Crippen molar-refractivity contribution < 1.29 is 4.79 Å². The van der Waals surface area contributed by atoms with E-state index in [0.717, 1.165) is 11.0 Å². The molecule has 0 saturated heterocycles. The summed E-state index contributed by atoms with van der Waals surface area (Å²) >= 11 is 0. The Morgan fingerprint density at radius 1 is 0.696 bits per heavy atom. The molecule has 0 aliphatic heterocycles. The van der Waals surface area contributed by atoms with Crippen LogP contribution in [0.3, 0.4) is 0 Å². The molecule has 3 aromatic carbocycles. The van der Waals surface area contributed by atoms with Gasteiger partial charge in [-0.1, -0.05) is 66.7 Å². The Balaban J connectivity index is 1.85. The lowest BCUT2D eigenvalue weighted by Crippen LogP contribution is -1.94. The Labute approximate surface area is 134 Å². The van der Waals surface area contributed by atoms with Crippen molar-refractivity contribution in [2.24, 2.45) is 0 Å². The fourth-order valence-electron chi connectivity index (χ4n) is 2.95. The molecule has 4 rings (SSSR count). The highest BCUT2D eigenvalue weighted by molar-refractivity contribution is 6.11. The van der Waals surface area contributed by atoms with Gasteiger partial charge in [0, 0.05) is 28.6 Å². The average molecular weight is 297 g/mol. The number of aromatic nitrogens is 1. The molecule has 0 saturated carbocycles. The van der Waals surface area contributed by atoms with Gasteiger partial charge in [0.1, 0.15) is 0 Å². The molecule has 0 aliphatic rings. The second kappa shape index (κ2) is 5.58. The number of carbonyl (C=O) groups excluding carboxylic acids is 1. The minimum Gasteiger partial charge on any atom is -0.316 e. The van der Waals surface area contributed by atoms with E-state index in [1.807, 2.05) is 60.8 Å². The van der Waals surface area contributed by atoms with E-state index in [-0.39, 0.29) is 5.78 Å². The standard InChI is InChI=1S/C21H15NO/c23-21(16-8-2-1-3-9-16)14-15-22-19-12-6-4-10-17(19)18-11-5-7-13-20(18)22/h1-15H. The van der Waals surface area contributed by atoms with Gasteiger partial charge in [0.05, 0.1) is 11.0 Å². The van der Waals surface area contributed by atoms with E-state index < -0.39 is 0 Å². The van der Waals surface area contributed by atoms with E-state index in [1.165, 1.54) is 10.8 Å². The third kappa shape index (κ3) is 2.34. The Morgan fingerprint density at radius 2 is 1.22 bits per heavy atom. The van der Waals surface area contributed by atoms with Crippen molar-refractivity contribution in [3.63, 3.8) is 0 Å². The van der Waals surface area contributed by atoms with Gasteiger partial charge in [0.25, 0.3) is 0 Å². The second-order valence-corrected chi connectivity index (χ2v) is 5.45. The summed E-state index contributed by atoms with van der Waals surface area (Å²) in [5, 5.41) is 2.39. The van der Waals surface area contributed by atoms with Crippen LogP contribution in [0.1, 0.15) is 10.4 Å². The zero-order valence-corrected chi connectivity index (χ0v) is 12.5. The van der Waals surface area contributed by atoms with Gasteiger partial charge in [-0.25, -0.2) is 0 Å². The van der Waals surface area contributed by atoms with Gasteiger partial charge >= 0.3 is 0 Å². The van der Waals surface area contributed by atoms with E-state index in [0.29, 0.717) is 5.56 Å². The van der Waals surface area contributed by atoms with E-state index >= 15 is 0 Å². The number of hydrogen-bond acceptors (Lipinski definition) is 1. The molecular formula is C21H15NO. The summed E-state index contributed by atoms with van der Waals surface area (Å²) in [4.78, 5) is 12.3. The topological polar surface area (TPSA) is 22.0 Å². The molecule has 1 aromatic heterocycles. The molecule has 0 radical (unpaired) electrons. The normalized spacial score (nSPS) is 11.5. The van der Waals surface area contributed by atoms with Crippen LogP contribution in [0.2, 0.25) is 0 Å². The summed E-state index contributed by atoms with van der Waals surface area (Å²) in [5.74, 6) is 0.00691. The molecule has 0 amide bonds. The zero-order valence-electron chi connectivity index (χ0n) is 12.5. The third-order valence-electron chi connectivity index (χ3n) is 4.05. The number of para-hydroxylation sites is 2. The highest BCUT2D eigenvalue weighted by Gasteiger charge is 2.08. The Bertz CT molecular complexity index is 972. The summed E-state index contributed by atoms with van der Waals surface area (Å²) in [6, 6.07) is 25.8. The molecule has 0 aliphatic carbocycles. The van der Waals surface area contributed by atoms with E-state index in [4.69, 9.17) is 0 Å². The van der Waals surface area contributed by atoms with Crippen LogP contribution < -0.4 is 0 Å². The van der Waals surface area contributed by atoms with Crippen LogP contribution in [0.4, 0.5) is 0 Å². The van der Waals surface area contributed by atoms with Crippen molar-refractivity contribution in [1.82, 2.24) is 4.57 Å². The van der Waals surface area contributed by atoms with Gasteiger partial charge in [0.2, 0.25) is 0 Å². The van der Waals surface area contributed by atoms with Gasteiger partial charge in [-0.2, -0.15) is 0 Å². The lowest BCUT2D eigenvalue weighted by Gasteiger charge is -2.00. The van der Waals surface area contributed by atoms with Crippen LogP contribution in [-0.4, -0.2) is 10.4 Å². The van der Waals surface area contributed by atoms with Crippen LogP contribution in [-0.2, 0) is 0 Å². The molecule has 4 aromatic rings. The minimum atomic E-state index is 0.00691. The van der Waals surface area contributed by atoms with Crippen molar-refractivity contribution in [2.45, 2.75) is 0 Å². The molecular weight excluding hydrogens is 282 g/mol. The van der Waals surface area contributed by atoms with Crippen molar-refractivity contribution in [3.05, 3.63) is 90.5 Å². The van der Waals surface area contributed by atoms with Gasteiger partial charge in [-0.15, -0.1) is 0 Å². The van der Waals surface area contributed by atoms with Crippen LogP contribution in [0, 0.1) is 0 Å². The monoisotopic (exact) mass is 297 g/mol. The molecule has 110 valence electrons. The number of allylic oxidation sites excluding steroid dienone is 1. The molecule has 0 bridgehead atoms. The number of nitrogens with zero attached hydrogens (tertiary/aromatic N) is 1. The first kappa shape index (κ1) is 13.5. The van der Waals surface area contributed by atoms with Gasteiger partial charge in [-0.05, 0) is 12.1 Å². The summed E-state index contributed by atoms with van der Waals surface area (Å²) in [6.07, 6.45) is 3.49. The van der Waals surface area contributed by atoms with Gasteiger partial charge < -0.3 is 4.57 Å². The van der Waals surface area contributed by atoms with Crippen molar-refractivity contribution in [1.29, 1.82) is 0 Å². The molecule has 0 atom stereocenters. The first-order valence-corrected chi connectivity index (χ1v) is 7.60. The van der Waals surface area contributed by atoms with E-state index in [2.05, 4.69) is 28.8 Å². The minimum absolute atomic E-state index is 0.00691. The number of rotatable bonds is 3. The fraction of sp³-hybridized carbons (Fsp3) is 0. The summed E-state index contributed by atoms with van der Waals surface area (Å²) in [7, 11) is 0. The average Bonchev–Trinajstić information content (AvgIpc) is 2.94. The number of hydrogen-bond donors (Lipinski definition) is 0. The van der Waals surface area contributed by atoms with Crippen LogP contribution in [0.5, 0.6) is 0 Å². The number of fused-ring (bicyclic) bond motifs is 3. The predicted octanol–water partition coefficient (Wildman–Crippen LogP) is 5.15. The van der Waals surface area contributed by atoms with Crippen LogP contribution in [0.25, 0.3) is 28.0 Å². The first-order valence-electron chi connectivity index (χ1n) is 7.60. The van der Waals surface area contributed by atoms with Gasteiger partial charge in [-0.3, -0.25) is 4.79 Å². The smallest absolute Gasteiger partial charge is 0.187 e. The lowest BCUT2D eigenvalue weighted by molar-refractivity contribution is 0.104. The SMILES string of the molecule is O=C(C=Cn1c2ccccc2c2ccccc21)c1ccccc1. The second-order valence-electron chi connectivity index (χ2n) is 5.45. The summed E-state index contributed by atoms with van der Waals surface area (Å²) < 4.78 is 2.07. The Hall–Kier alpha value is -3.13. The Kier molecular flexibility index (Phi) is 3.28. The number of benzene rings is 3. The van der Waals surface area contributed by atoms with E-state index in [1.54, 1.807) is 6.08 Å². The maximum absolute atomic E-state index is 12.3. The van der Waals surface area contributed by atoms with E-state index in [9.17, 15) is 4.79 Å². The summed E-state index contributed by atoms with van der Waals surface area (Å²) in [5.41, 5.74) is 2.90. The van der Waals surface area contributed by atoms with Gasteiger partial charge in [0.15, 0.2) is 5.78 Å². The number of ketones is 1. The molecule has 0 unspecified atom stereocenters. The highest BCUT2D eigenvalue weighted by atomic mass is 16.1. The van der Waals surface area contributed by atoms with Crippen molar-refractivity contribution in [2.75, 3.05) is 0 Å². The number of carbonyl (C=O) groups is 1. The first-order chi connectivity index (χ1) is 11.3. The van der Waals surface area contributed by atoms with Crippen molar-refractivity contribution >= 4 is 33.8 Å². The maximum atomic E-state index is 12.3. The molecule has 23 heavy (non-hydrogen) atoms. The highest BCUT2D eigenvalue weighted by Crippen LogP contribution is 2.28. The molecule has 2 heteroatoms. The summed E-state index contributed by atoms with van der Waals surface area (Å²) in [6.45, 7) is 0. The lowest BCUT2D eigenvalue weighted by atomic mass is 10.1. The molecule has 0 fully saturated rings. The largest absolute Gasteiger partial charge is 0.316 e. The van der Waals surface area contributed by atoms with Crippen molar-refractivity contribution in [3.8, 4) is 0 Å². The van der Waals surface area contributed by atoms with Crippen LogP contribution in [0.15, 0.2) is 84.9 Å². The predicted molar refractivity (Wildman–Crippen MR) is 95.5 cm³/mol. The molecule has 1 heterocycles.